The second kappa shape index (κ2) is 8.06. The summed E-state index contributed by atoms with van der Waals surface area (Å²) in [4.78, 5) is 13.9. The van der Waals surface area contributed by atoms with E-state index in [1.54, 1.807) is 0 Å². The number of hydrogen-bond donors (Lipinski definition) is 1. The van der Waals surface area contributed by atoms with E-state index in [9.17, 15) is 4.79 Å². The summed E-state index contributed by atoms with van der Waals surface area (Å²) in [7, 11) is 0. The van der Waals surface area contributed by atoms with Gasteiger partial charge in [-0.25, -0.2) is 9.78 Å². The first-order chi connectivity index (χ1) is 5.11. The molecule has 1 rings (SSSR count). The number of hydrogen-bond acceptors (Lipinski definition) is 3. The summed E-state index contributed by atoms with van der Waals surface area (Å²) in [5.74, 6) is -1.11. The fourth-order valence-corrected chi connectivity index (χ4v) is 1.01. The van der Waals surface area contributed by atoms with Crippen LogP contribution in [-0.4, -0.2) is 27.0 Å². The summed E-state index contributed by atoms with van der Waals surface area (Å²) < 4.78 is 0. The van der Waals surface area contributed by atoms with Gasteiger partial charge in [-0.3, -0.25) is 0 Å². The molecule has 0 atom stereocenters. The first-order valence-electron chi connectivity index (χ1n) is 2.65. The minimum Gasteiger partial charge on any atom is -0.870 e. The number of carboxylic acids is 1. The number of carboxylic acid groups (broad SMARTS) is 1. The summed E-state index contributed by atoms with van der Waals surface area (Å²) in [6, 6.07) is 1.28. The Labute approximate surface area is 102 Å². The Hall–Kier alpha value is -0.283. The van der Waals surface area contributed by atoms with Crippen molar-refractivity contribution in [1.29, 1.82) is 0 Å². The average molecular weight is 234 g/mol. The zero-order chi connectivity index (χ0) is 8.43. The van der Waals surface area contributed by atoms with E-state index in [0.717, 1.165) is 6.20 Å². The number of aromatic nitrogens is 1. The molecule has 5 nitrogen and oxygen atoms in total. The summed E-state index contributed by atoms with van der Waals surface area (Å²) in [5.41, 5.74) is -0.0453. The predicted molar refractivity (Wildman–Crippen MR) is 46.8 cm³/mol. The van der Waals surface area contributed by atoms with E-state index < -0.39 is 5.97 Å². The van der Waals surface area contributed by atoms with Gasteiger partial charge in [0.1, 0.15) is 5.15 Å². The Bertz CT molecular complexity index is 310. The van der Waals surface area contributed by atoms with E-state index in [-0.39, 0.29) is 45.6 Å². The third kappa shape index (κ3) is 4.82. The Morgan fingerprint density at radius 3 is 2.29 bits per heavy atom. The summed E-state index contributed by atoms with van der Waals surface area (Å²) >= 11 is 11.0. The molecule has 0 unspecified atom stereocenters. The molecule has 0 aliphatic heterocycles. The molecule has 1 aromatic rings. The summed E-state index contributed by atoms with van der Waals surface area (Å²) in [6.45, 7) is 0. The summed E-state index contributed by atoms with van der Waals surface area (Å²) in [6.07, 6.45) is 1.12. The van der Waals surface area contributed by atoms with Gasteiger partial charge in [-0.15, -0.1) is 0 Å². The van der Waals surface area contributed by atoms with Crippen LogP contribution in [0, 0.1) is 0 Å². The van der Waals surface area contributed by atoms with Gasteiger partial charge in [0.25, 0.3) is 0 Å². The number of halogens is 2. The fraction of sp³-hybridized carbons (Fsp3) is 0. The second-order valence-electron chi connectivity index (χ2n) is 1.79. The van der Waals surface area contributed by atoms with Crippen molar-refractivity contribution in [2.24, 2.45) is 0 Å². The molecule has 1 heterocycles. The minimum absolute atomic E-state index is 0. The molecule has 8 heteroatoms. The largest absolute Gasteiger partial charge is 1.00 e. The Morgan fingerprint density at radius 2 is 1.93 bits per heavy atom. The Kier molecular flexibility index (Phi) is 11.1. The van der Waals surface area contributed by atoms with Gasteiger partial charge in [0.05, 0.1) is 10.6 Å². The van der Waals surface area contributed by atoms with Crippen molar-refractivity contribution in [1.82, 2.24) is 4.98 Å². The van der Waals surface area contributed by atoms with Crippen LogP contribution < -0.4 is 18.9 Å². The van der Waals surface area contributed by atoms with Crippen molar-refractivity contribution in [3.63, 3.8) is 0 Å². The van der Waals surface area contributed by atoms with Gasteiger partial charge in [0.15, 0.2) is 0 Å². The van der Waals surface area contributed by atoms with Crippen molar-refractivity contribution in [2.75, 3.05) is 0 Å². The maximum atomic E-state index is 10.4. The smallest absolute Gasteiger partial charge is 0.870 e. The van der Waals surface area contributed by atoms with Crippen LogP contribution in [0.4, 0.5) is 0 Å². The van der Waals surface area contributed by atoms with Crippen molar-refractivity contribution in [3.05, 3.63) is 28.0 Å². The third-order valence-corrected chi connectivity index (χ3v) is 1.57. The molecule has 0 aliphatic carbocycles. The van der Waals surface area contributed by atoms with Crippen molar-refractivity contribution in [2.45, 2.75) is 0 Å². The molecule has 4 N–H and O–H groups in total. The first-order valence-corrected chi connectivity index (χ1v) is 3.41. The van der Waals surface area contributed by atoms with Crippen molar-refractivity contribution in [3.8, 4) is 0 Å². The van der Waals surface area contributed by atoms with E-state index in [0.29, 0.717) is 0 Å². The standard InChI is InChI=1S/C6H3Cl2NO2.Li.2H2O/c7-4-1-5(8)9-2-3(4)6(10)11;;;/h1-2H,(H,10,11);;2*1H2/q;+1;;/p-1. The topological polar surface area (TPSA) is 112 Å². The van der Waals surface area contributed by atoms with E-state index in [1.165, 1.54) is 6.07 Å². The molecule has 1 aromatic heterocycles. The van der Waals surface area contributed by atoms with Gasteiger partial charge in [-0.05, 0) is 6.07 Å². The van der Waals surface area contributed by atoms with E-state index in [2.05, 4.69) is 4.98 Å². The van der Waals surface area contributed by atoms with Crippen LogP contribution in [0.25, 0.3) is 0 Å². The number of nitrogens with zero attached hydrogens (tertiary/aromatic N) is 1. The normalized spacial score (nSPS) is 7.57. The third-order valence-electron chi connectivity index (χ3n) is 1.05. The molecule has 74 valence electrons. The molecule has 0 fully saturated rings. The number of pyridine rings is 1. The predicted octanol–water partition coefficient (Wildman–Crippen LogP) is -1.91. The van der Waals surface area contributed by atoms with E-state index in [4.69, 9.17) is 28.3 Å². The van der Waals surface area contributed by atoms with Crippen molar-refractivity contribution < 1.29 is 39.7 Å². The molecule has 0 amide bonds. The van der Waals surface area contributed by atoms with Gasteiger partial charge in [-0.1, -0.05) is 23.2 Å². The maximum absolute atomic E-state index is 10.4. The molecule has 14 heavy (non-hydrogen) atoms. The molecule has 0 radical (unpaired) electrons. The molecule has 0 spiro atoms. The van der Waals surface area contributed by atoms with Gasteiger partial charge in [0, 0.05) is 6.20 Å². The zero-order valence-corrected chi connectivity index (χ0v) is 8.67. The monoisotopic (exact) mass is 233 g/mol. The van der Waals surface area contributed by atoms with Crippen molar-refractivity contribution >= 4 is 29.2 Å². The van der Waals surface area contributed by atoms with Gasteiger partial charge >= 0.3 is 24.8 Å². The SMILES string of the molecule is O.O=C(O)c1cnc(Cl)cc1Cl.[Li+].[OH-]. The molecular formula is C6H6Cl2LiNO4. The molecule has 0 bridgehead atoms. The van der Waals surface area contributed by atoms with Crippen LogP contribution in [0.2, 0.25) is 10.2 Å². The first kappa shape index (κ1) is 19.3. The Balaban J connectivity index is -0.000000403. The van der Waals surface area contributed by atoms with E-state index in [1.807, 2.05) is 0 Å². The zero-order valence-electron chi connectivity index (χ0n) is 7.16. The molecule has 0 saturated heterocycles. The van der Waals surface area contributed by atoms with Gasteiger partial charge in [0.2, 0.25) is 0 Å². The number of aromatic carboxylic acids is 1. The fourth-order valence-electron chi connectivity index (χ4n) is 0.565. The number of rotatable bonds is 1. The molecule has 0 saturated carbocycles. The Morgan fingerprint density at radius 1 is 1.43 bits per heavy atom. The molecular weight excluding hydrogens is 228 g/mol. The van der Waals surface area contributed by atoms with Gasteiger partial charge < -0.3 is 16.1 Å². The van der Waals surface area contributed by atoms with Crippen LogP contribution in [0.5, 0.6) is 0 Å². The molecule has 0 aliphatic rings. The van der Waals surface area contributed by atoms with Gasteiger partial charge in [-0.2, -0.15) is 0 Å². The number of carbonyl (C=O) groups is 1. The van der Waals surface area contributed by atoms with Crippen LogP contribution in [0.15, 0.2) is 12.3 Å². The minimum atomic E-state index is -1.11. The maximum Gasteiger partial charge on any atom is 1.00 e. The van der Waals surface area contributed by atoms with Crippen LogP contribution in [0.1, 0.15) is 10.4 Å². The quantitative estimate of drug-likeness (QED) is 0.451. The molecule has 0 aromatic carbocycles. The second-order valence-corrected chi connectivity index (χ2v) is 2.59. The van der Waals surface area contributed by atoms with Crippen LogP contribution >= 0.6 is 23.2 Å². The van der Waals surface area contributed by atoms with E-state index >= 15 is 0 Å². The summed E-state index contributed by atoms with van der Waals surface area (Å²) in [5, 5.41) is 8.76. The average Bonchev–Trinajstić information content (AvgIpc) is 1.85. The van der Waals surface area contributed by atoms with Crippen LogP contribution in [0.3, 0.4) is 0 Å². The van der Waals surface area contributed by atoms with Crippen LogP contribution in [-0.2, 0) is 0 Å².